The fourth-order valence-electron chi connectivity index (χ4n) is 1.34. The van der Waals surface area contributed by atoms with Crippen LogP contribution in [0.3, 0.4) is 0 Å². The second kappa shape index (κ2) is 6.06. The SMILES string of the molecule is CS(=O)(=O)OC(F)(F)/C=C/CCc1ccccc1. The van der Waals surface area contributed by atoms with Crippen LogP contribution in [0.25, 0.3) is 0 Å². The van der Waals surface area contributed by atoms with Crippen molar-refractivity contribution in [3.05, 3.63) is 48.0 Å². The Bertz CT molecular complexity index is 495. The van der Waals surface area contributed by atoms with Gasteiger partial charge in [-0.05, 0) is 18.4 Å². The highest BCUT2D eigenvalue weighted by atomic mass is 32.2. The topological polar surface area (TPSA) is 43.4 Å². The van der Waals surface area contributed by atoms with Crippen LogP contribution >= 0.6 is 0 Å². The molecule has 0 atom stereocenters. The number of aryl methyl sites for hydroxylation is 1. The van der Waals surface area contributed by atoms with E-state index >= 15 is 0 Å². The van der Waals surface area contributed by atoms with Crippen molar-refractivity contribution >= 4 is 10.1 Å². The van der Waals surface area contributed by atoms with Gasteiger partial charge in [0.2, 0.25) is 0 Å². The van der Waals surface area contributed by atoms with Gasteiger partial charge in [-0.3, -0.25) is 0 Å². The molecule has 0 bridgehead atoms. The fraction of sp³-hybridized carbons (Fsp3) is 0.333. The second-order valence-electron chi connectivity index (χ2n) is 3.78. The van der Waals surface area contributed by atoms with E-state index in [9.17, 15) is 17.2 Å². The summed E-state index contributed by atoms with van der Waals surface area (Å²) < 4.78 is 50.7. The van der Waals surface area contributed by atoms with Gasteiger partial charge in [0, 0.05) is 6.08 Å². The molecule has 0 unspecified atom stereocenters. The van der Waals surface area contributed by atoms with Crippen molar-refractivity contribution in [1.82, 2.24) is 0 Å². The molecule has 0 aliphatic heterocycles. The molecule has 0 radical (unpaired) electrons. The number of hydrogen-bond acceptors (Lipinski definition) is 3. The van der Waals surface area contributed by atoms with E-state index in [1.807, 2.05) is 30.3 Å². The van der Waals surface area contributed by atoms with E-state index in [1.54, 1.807) is 0 Å². The summed E-state index contributed by atoms with van der Waals surface area (Å²) in [6.45, 7) is 0. The Morgan fingerprint density at radius 2 is 1.89 bits per heavy atom. The van der Waals surface area contributed by atoms with Crippen LogP contribution in [0.1, 0.15) is 12.0 Å². The molecule has 0 heterocycles. The van der Waals surface area contributed by atoms with Crippen LogP contribution in [0.2, 0.25) is 0 Å². The Balaban J connectivity index is 2.45. The van der Waals surface area contributed by atoms with Crippen molar-refractivity contribution in [2.45, 2.75) is 19.0 Å². The van der Waals surface area contributed by atoms with Crippen LogP contribution in [-0.4, -0.2) is 20.8 Å². The van der Waals surface area contributed by atoms with E-state index in [-0.39, 0.29) is 0 Å². The number of alkyl halides is 2. The third kappa shape index (κ3) is 6.46. The minimum atomic E-state index is -4.17. The maximum atomic E-state index is 13.0. The summed E-state index contributed by atoms with van der Waals surface area (Å²) >= 11 is 0. The number of rotatable bonds is 6. The Morgan fingerprint density at radius 3 is 2.44 bits per heavy atom. The predicted octanol–water partition coefficient (Wildman–Crippen LogP) is 2.74. The van der Waals surface area contributed by atoms with Crippen molar-refractivity contribution in [3.8, 4) is 0 Å². The van der Waals surface area contributed by atoms with Gasteiger partial charge in [-0.15, -0.1) is 0 Å². The average molecular weight is 276 g/mol. The van der Waals surface area contributed by atoms with Gasteiger partial charge in [-0.25, -0.2) is 0 Å². The molecule has 0 aliphatic rings. The summed E-state index contributed by atoms with van der Waals surface area (Å²) in [5.41, 5.74) is 1.02. The van der Waals surface area contributed by atoms with Crippen molar-refractivity contribution in [3.63, 3.8) is 0 Å². The van der Waals surface area contributed by atoms with Gasteiger partial charge in [0.1, 0.15) is 0 Å². The second-order valence-corrected chi connectivity index (χ2v) is 5.35. The average Bonchev–Trinajstić information content (AvgIpc) is 2.23. The Morgan fingerprint density at radius 1 is 1.28 bits per heavy atom. The quantitative estimate of drug-likeness (QED) is 0.592. The van der Waals surface area contributed by atoms with E-state index in [2.05, 4.69) is 4.18 Å². The van der Waals surface area contributed by atoms with Gasteiger partial charge in [0.25, 0.3) is 10.1 Å². The maximum absolute atomic E-state index is 13.0. The molecule has 0 aliphatic carbocycles. The Hall–Kier alpha value is -1.27. The molecule has 0 saturated carbocycles. The van der Waals surface area contributed by atoms with E-state index in [0.29, 0.717) is 25.2 Å². The first kappa shape index (κ1) is 14.8. The lowest BCUT2D eigenvalue weighted by Gasteiger charge is -2.09. The van der Waals surface area contributed by atoms with Crippen molar-refractivity contribution in [1.29, 1.82) is 0 Å². The molecule has 3 nitrogen and oxygen atoms in total. The fourth-order valence-corrected chi connectivity index (χ4v) is 1.80. The first-order chi connectivity index (χ1) is 8.29. The number of allylic oxidation sites excluding steroid dienone is 1. The molecule has 0 N–H and O–H groups in total. The van der Waals surface area contributed by atoms with E-state index in [0.717, 1.165) is 5.56 Å². The molecule has 1 aromatic carbocycles. The molecular formula is C12H14F2O3S. The van der Waals surface area contributed by atoms with Gasteiger partial charge >= 0.3 is 6.11 Å². The summed E-state index contributed by atoms with van der Waals surface area (Å²) in [4.78, 5) is 0. The minimum absolute atomic E-state index is 0.382. The van der Waals surface area contributed by atoms with Crippen LogP contribution in [0, 0.1) is 0 Å². The lowest BCUT2D eigenvalue weighted by Crippen LogP contribution is -2.21. The van der Waals surface area contributed by atoms with Gasteiger partial charge in [-0.1, -0.05) is 36.4 Å². The van der Waals surface area contributed by atoms with Crippen molar-refractivity contribution in [2.24, 2.45) is 0 Å². The first-order valence-corrected chi connectivity index (χ1v) is 7.10. The lowest BCUT2D eigenvalue weighted by molar-refractivity contribution is -0.126. The maximum Gasteiger partial charge on any atom is 0.389 e. The molecule has 0 amide bonds. The van der Waals surface area contributed by atoms with Crippen molar-refractivity contribution in [2.75, 3.05) is 6.26 Å². The minimum Gasteiger partial charge on any atom is -0.200 e. The van der Waals surface area contributed by atoms with E-state index in [1.165, 1.54) is 6.08 Å². The Kier molecular flexibility index (Phi) is 4.98. The standard InChI is InChI=1S/C12H14F2O3S/c1-18(15,16)17-12(13,14)10-6-5-9-11-7-3-2-4-8-11/h2-4,6-8,10H,5,9H2,1H3/b10-6+. The Labute approximate surface area is 105 Å². The molecule has 1 rings (SSSR count). The monoisotopic (exact) mass is 276 g/mol. The van der Waals surface area contributed by atoms with Crippen molar-refractivity contribution < 1.29 is 21.4 Å². The van der Waals surface area contributed by atoms with Crippen LogP contribution in [-0.2, 0) is 20.7 Å². The van der Waals surface area contributed by atoms with Gasteiger partial charge in [0.05, 0.1) is 6.26 Å². The van der Waals surface area contributed by atoms with Gasteiger partial charge < -0.3 is 0 Å². The highest BCUT2D eigenvalue weighted by Crippen LogP contribution is 2.20. The molecule has 0 saturated heterocycles. The largest absolute Gasteiger partial charge is 0.389 e. The highest BCUT2D eigenvalue weighted by Gasteiger charge is 2.31. The van der Waals surface area contributed by atoms with E-state index in [4.69, 9.17) is 0 Å². The molecule has 0 spiro atoms. The van der Waals surface area contributed by atoms with Gasteiger partial charge in [-0.2, -0.15) is 21.4 Å². The summed E-state index contributed by atoms with van der Waals surface area (Å²) in [5.74, 6) is 0. The number of benzene rings is 1. The number of halogens is 2. The highest BCUT2D eigenvalue weighted by molar-refractivity contribution is 7.86. The molecule has 100 valence electrons. The first-order valence-electron chi connectivity index (χ1n) is 5.28. The predicted molar refractivity (Wildman–Crippen MR) is 64.8 cm³/mol. The molecule has 18 heavy (non-hydrogen) atoms. The summed E-state index contributed by atoms with van der Waals surface area (Å²) in [5, 5.41) is 0. The molecule has 1 aromatic rings. The zero-order valence-electron chi connectivity index (χ0n) is 9.84. The van der Waals surface area contributed by atoms with E-state index < -0.39 is 16.2 Å². The molecular weight excluding hydrogens is 262 g/mol. The molecule has 6 heteroatoms. The van der Waals surface area contributed by atoms with Crippen LogP contribution < -0.4 is 0 Å². The normalized spacial score (nSPS) is 13.1. The van der Waals surface area contributed by atoms with Crippen LogP contribution in [0.4, 0.5) is 8.78 Å². The summed E-state index contributed by atoms with van der Waals surface area (Å²) in [6.07, 6.45) is -0.558. The number of hydrogen-bond donors (Lipinski definition) is 0. The third-order valence-electron chi connectivity index (χ3n) is 2.02. The third-order valence-corrected chi connectivity index (χ3v) is 2.54. The van der Waals surface area contributed by atoms with Crippen LogP contribution in [0.15, 0.2) is 42.5 Å². The zero-order chi connectivity index (χ0) is 13.6. The molecule has 0 fully saturated rings. The summed E-state index contributed by atoms with van der Waals surface area (Å²) in [7, 11) is -4.17. The van der Waals surface area contributed by atoms with Crippen LogP contribution in [0.5, 0.6) is 0 Å². The lowest BCUT2D eigenvalue weighted by atomic mass is 10.1. The zero-order valence-corrected chi connectivity index (χ0v) is 10.7. The summed E-state index contributed by atoms with van der Waals surface area (Å²) in [6, 6.07) is 9.37. The van der Waals surface area contributed by atoms with Gasteiger partial charge in [0.15, 0.2) is 0 Å². The smallest absolute Gasteiger partial charge is 0.200 e. The molecule has 0 aromatic heterocycles.